The van der Waals surface area contributed by atoms with E-state index in [1.54, 1.807) is 12.3 Å². The van der Waals surface area contributed by atoms with Crippen molar-refractivity contribution in [3.05, 3.63) is 36.2 Å². The van der Waals surface area contributed by atoms with E-state index in [4.69, 9.17) is 4.74 Å². The molecule has 1 aliphatic rings. The second kappa shape index (κ2) is 8.45. The van der Waals surface area contributed by atoms with Crippen LogP contribution in [0.2, 0.25) is 0 Å². The van der Waals surface area contributed by atoms with E-state index in [1.807, 2.05) is 23.1 Å². The quantitative estimate of drug-likeness (QED) is 0.859. The number of aromatic nitrogens is 3. The lowest BCUT2D eigenvalue weighted by Crippen LogP contribution is -2.51. The Morgan fingerprint density at radius 1 is 1.35 bits per heavy atom. The van der Waals surface area contributed by atoms with Crippen LogP contribution in [-0.2, 0) is 4.74 Å². The van der Waals surface area contributed by atoms with Crippen LogP contribution in [0.3, 0.4) is 0 Å². The lowest BCUT2D eigenvalue weighted by molar-refractivity contribution is -0.0963. The lowest BCUT2D eigenvalue weighted by Gasteiger charge is -2.39. The Balaban J connectivity index is 1.74. The topological polar surface area (TPSA) is 71.1 Å². The van der Waals surface area contributed by atoms with Gasteiger partial charge in [-0.3, -0.25) is 14.9 Å². The second-order valence-corrected chi connectivity index (χ2v) is 7.27. The highest BCUT2D eigenvalue weighted by molar-refractivity contribution is 5.93. The third-order valence-electron chi connectivity index (χ3n) is 4.84. The minimum Gasteiger partial charge on any atom is -0.371 e. The van der Waals surface area contributed by atoms with Crippen molar-refractivity contribution in [3.63, 3.8) is 0 Å². The molecule has 1 amide bonds. The number of hydrogen-bond donors (Lipinski definition) is 1. The van der Waals surface area contributed by atoms with Crippen molar-refractivity contribution in [1.82, 2.24) is 20.1 Å². The highest BCUT2D eigenvalue weighted by atomic mass is 16.5. The first kappa shape index (κ1) is 18.6. The zero-order valence-corrected chi connectivity index (χ0v) is 15.8. The van der Waals surface area contributed by atoms with Crippen LogP contribution in [0.15, 0.2) is 30.5 Å². The molecule has 0 unspecified atom stereocenters. The van der Waals surface area contributed by atoms with Crippen molar-refractivity contribution in [2.45, 2.75) is 52.2 Å². The fourth-order valence-corrected chi connectivity index (χ4v) is 3.24. The minimum atomic E-state index is -0.0184. The van der Waals surface area contributed by atoms with E-state index in [2.05, 4.69) is 36.0 Å². The average molecular weight is 356 g/mol. The number of nitrogens with one attached hydrogen (secondary N) is 1. The monoisotopic (exact) mass is 356 g/mol. The summed E-state index contributed by atoms with van der Waals surface area (Å²) in [5.74, 6) is 0.357. The third-order valence-corrected chi connectivity index (χ3v) is 4.84. The molecular formula is C20H28N4O2. The minimum absolute atomic E-state index is 0.0184. The van der Waals surface area contributed by atoms with Crippen molar-refractivity contribution >= 4 is 5.91 Å². The maximum Gasteiger partial charge on any atom is 0.272 e. The van der Waals surface area contributed by atoms with Gasteiger partial charge < -0.3 is 9.64 Å². The summed E-state index contributed by atoms with van der Waals surface area (Å²) in [6.45, 7) is 7.72. The Kier molecular flexibility index (Phi) is 6.04. The molecular weight excluding hydrogens is 328 g/mol. The van der Waals surface area contributed by atoms with Gasteiger partial charge in [0.1, 0.15) is 11.4 Å². The Bertz CT molecular complexity index is 714. The zero-order valence-electron chi connectivity index (χ0n) is 15.8. The molecule has 1 saturated heterocycles. The molecule has 1 N–H and O–H groups in total. The summed E-state index contributed by atoms with van der Waals surface area (Å²) in [4.78, 5) is 19.2. The second-order valence-electron chi connectivity index (χ2n) is 7.27. The molecule has 6 heteroatoms. The van der Waals surface area contributed by atoms with Gasteiger partial charge in [-0.1, -0.05) is 39.7 Å². The normalized spacial score (nSPS) is 20.5. The van der Waals surface area contributed by atoms with E-state index >= 15 is 0 Å². The largest absolute Gasteiger partial charge is 0.371 e. The standard InChI is InChI=1S/C20H28N4O2/c1-4-5-8-15-12-24(13-19(26-15)14(2)3)20(25)18-11-17(22-23-18)16-9-6-7-10-21-16/h6-7,9-11,14-15,19H,4-5,8,12-13H2,1-3H3,(H,22,23)/t15-,19-/m1/s1. The summed E-state index contributed by atoms with van der Waals surface area (Å²) in [5.41, 5.74) is 1.94. The molecule has 0 bridgehead atoms. The highest BCUT2D eigenvalue weighted by Gasteiger charge is 2.32. The molecule has 3 heterocycles. The van der Waals surface area contributed by atoms with Gasteiger partial charge in [0.15, 0.2) is 0 Å². The SMILES string of the molecule is CCCC[C@@H]1CN(C(=O)c2cc(-c3ccccn3)n[nH]2)C[C@H](C(C)C)O1. The molecule has 2 atom stereocenters. The van der Waals surface area contributed by atoms with E-state index in [-0.39, 0.29) is 18.1 Å². The Morgan fingerprint density at radius 3 is 2.88 bits per heavy atom. The number of rotatable bonds is 6. The van der Waals surface area contributed by atoms with Gasteiger partial charge in [0.05, 0.1) is 17.9 Å². The molecule has 140 valence electrons. The summed E-state index contributed by atoms with van der Waals surface area (Å²) in [6.07, 6.45) is 5.15. The number of H-pyrrole nitrogens is 1. The van der Waals surface area contributed by atoms with Gasteiger partial charge in [-0.2, -0.15) is 5.10 Å². The molecule has 3 rings (SSSR count). The maximum atomic E-state index is 13.0. The van der Waals surface area contributed by atoms with Gasteiger partial charge >= 0.3 is 0 Å². The van der Waals surface area contributed by atoms with Crippen LogP contribution in [0, 0.1) is 5.92 Å². The summed E-state index contributed by atoms with van der Waals surface area (Å²) in [5, 5.41) is 7.14. The van der Waals surface area contributed by atoms with E-state index < -0.39 is 0 Å². The summed E-state index contributed by atoms with van der Waals surface area (Å²) in [7, 11) is 0. The first-order chi connectivity index (χ1) is 12.6. The van der Waals surface area contributed by atoms with E-state index in [0.29, 0.717) is 30.4 Å². The number of ether oxygens (including phenoxy) is 1. The highest BCUT2D eigenvalue weighted by Crippen LogP contribution is 2.23. The number of amides is 1. The predicted molar refractivity (Wildman–Crippen MR) is 101 cm³/mol. The van der Waals surface area contributed by atoms with Crippen molar-refractivity contribution in [2.75, 3.05) is 13.1 Å². The van der Waals surface area contributed by atoms with Gasteiger partial charge in [0.2, 0.25) is 0 Å². The number of hydrogen-bond acceptors (Lipinski definition) is 4. The van der Waals surface area contributed by atoms with Crippen LogP contribution in [0.5, 0.6) is 0 Å². The van der Waals surface area contributed by atoms with Crippen LogP contribution >= 0.6 is 0 Å². The molecule has 0 saturated carbocycles. The van der Waals surface area contributed by atoms with Crippen molar-refractivity contribution in [2.24, 2.45) is 5.92 Å². The molecule has 0 radical (unpaired) electrons. The lowest BCUT2D eigenvalue weighted by atomic mass is 10.0. The van der Waals surface area contributed by atoms with Gasteiger partial charge in [0, 0.05) is 19.3 Å². The number of pyridine rings is 1. The number of unbranched alkanes of at least 4 members (excludes halogenated alkanes) is 1. The van der Waals surface area contributed by atoms with Gasteiger partial charge in [-0.25, -0.2) is 0 Å². The van der Waals surface area contributed by atoms with Gasteiger partial charge in [0.25, 0.3) is 5.91 Å². The summed E-state index contributed by atoms with van der Waals surface area (Å²) < 4.78 is 6.21. The fraction of sp³-hybridized carbons (Fsp3) is 0.550. The van der Waals surface area contributed by atoms with Crippen molar-refractivity contribution in [1.29, 1.82) is 0 Å². The molecule has 6 nitrogen and oxygen atoms in total. The van der Waals surface area contributed by atoms with Crippen LogP contribution < -0.4 is 0 Å². The molecule has 2 aromatic heterocycles. The van der Waals surface area contributed by atoms with Crippen molar-refractivity contribution in [3.8, 4) is 11.4 Å². The smallest absolute Gasteiger partial charge is 0.272 e. The molecule has 26 heavy (non-hydrogen) atoms. The zero-order chi connectivity index (χ0) is 18.5. The molecule has 1 fully saturated rings. The van der Waals surface area contributed by atoms with Crippen LogP contribution in [0.1, 0.15) is 50.5 Å². The molecule has 0 aromatic carbocycles. The van der Waals surface area contributed by atoms with Crippen LogP contribution in [-0.4, -0.2) is 51.3 Å². The van der Waals surface area contributed by atoms with E-state index in [9.17, 15) is 4.79 Å². The van der Waals surface area contributed by atoms with Crippen LogP contribution in [0.25, 0.3) is 11.4 Å². The number of carbonyl (C=O) groups is 1. The molecule has 0 aliphatic carbocycles. The van der Waals surface area contributed by atoms with Gasteiger partial charge in [-0.15, -0.1) is 0 Å². The predicted octanol–water partition coefficient (Wildman–Crippen LogP) is 3.53. The van der Waals surface area contributed by atoms with Gasteiger partial charge in [-0.05, 0) is 30.5 Å². The molecule has 0 spiro atoms. The number of morpholine rings is 1. The van der Waals surface area contributed by atoms with E-state index in [0.717, 1.165) is 25.0 Å². The molecule has 2 aromatic rings. The third kappa shape index (κ3) is 4.30. The summed E-state index contributed by atoms with van der Waals surface area (Å²) in [6, 6.07) is 7.44. The Labute approximate surface area is 155 Å². The average Bonchev–Trinajstić information content (AvgIpc) is 3.16. The number of aromatic amines is 1. The van der Waals surface area contributed by atoms with E-state index in [1.165, 1.54) is 0 Å². The van der Waals surface area contributed by atoms with Crippen LogP contribution in [0.4, 0.5) is 0 Å². The number of nitrogens with zero attached hydrogens (tertiary/aromatic N) is 3. The first-order valence-corrected chi connectivity index (χ1v) is 9.50. The maximum absolute atomic E-state index is 13.0. The fourth-order valence-electron chi connectivity index (χ4n) is 3.24. The molecule has 1 aliphatic heterocycles. The number of carbonyl (C=O) groups excluding carboxylic acids is 1. The van der Waals surface area contributed by atoms with Crippen molar-refractivity contribution < 1.29 is 9.53 Å². The Hall–Kier alpha value is -2.21. The first-order valence-electron chi connectivity index (χ1n) is 9.50. The Morgan fingerprint density at radius 2 is 2.19 bits per heavy atom. The summed E-state index contributed by atoms with van der Waals surface area (Å²) >= 11 is 0.